The van der Waals surface area contributed by atoms with E-state index in [1.807, 2.05) is 6.08 Å². The summed E-state index contributed by atoms with van der Waals surface area (Å²) in [5, 5.41) is 0.339. The maximum absolute atomic E-state index is 11.9. The fourth-order valence-corrected chi connectivity index (χ4v) is 3.84. The highest BCUT2D eigenvalue weighted by Crippen LogP contribution is 2.33. The molecule has 0 radical (unpaired) electrons. The molecule has 3 heteroatoms. The summed E-state index contributed by atoms with van der Waals surface area (Å²) in [6.07, 6.45) is 11.0. The van der Waals surface area contributed by atoms with Crippen molar-refractivity contribution in [2.75, 3.05) is 6.61 Å². The van der Waals surface area contributed by atoms with E-state index in [1.165, 1.54) is 0 Å². The van der Waals surface area contributed by atoms with Gasteiger partial charge in [-0.3, -0.25) is 4.79 Å². The van der Waals surface area contributed by atoms with Gasteiger partial charge in [-0.2, -0.15) is 0 Å². The molecule has 0 spiro atoms. The molecule has 2 atom stereocenters. The van der Waals surface area contributed by atoms with Crippen molar-refractivity contribution in [1.82, 2.24) is 0 Å². The molecule has 0 saturated carbocycles. The largest absolute Gasteiger partial charge is 0.423 e. The minimum absolute atomic E-state index is 0.265. The lowest BCUT2D eigenvalue weighted by Crippen LogP contribution is -2.24. The van der Waals surface area contributed by atoms with Crippen LogP contribution in [0.2, 0.25) is 5.04 Å². The van der Waals surface area contributed by atoms with Gasteiger partial charge in [-0.25, -0.2) is 0 Å². The second-order valence-corrected chi connectivity index (χ2v) is 10.9. The lowest BCUT2D eigenvalue weighted by Gasteiger charge is -2.29. The Bertz CT molecular complexity index is 421. The van der Waals surface area contributed by atoms with Crippen LogP contribution in [0.15, 0.2) is 24.3 Å². The molecule has 23 heavy (non-hydrogen) atoms. The van der Waals surface area contributed by atoms with Crippen molar-refractivity contribution in [3.8, 4) is 0 Å². The Morgan fingerprint density at radius 2 is 1.96 bits per heavy atom. The Morgan fingerprint density at radius 1 is 1.26 bits per heavy atom. The third-order valence-corrected chi connectivity index (χ3v) is 7.32. The number of hydrogen-bond donors (Lipinski definition) is 0. The van der Waals surface area contributed by atoms with E-state index in [4.69, 9.17) is 4.43 Å². The van der Waals surface area contributed by atoms with Crippen molar-refractivity contribution >= 4 is 15.5 Å². The van der Waals surface area contributed by atoms with Gasteiger partial charge in [0.25, 0.3) is 0 Å². The number of hydrogen-bond acceptors (Lipinski definition) is 2. The smallest absolute Gasteiger partial charge is 0.167 e. The molecule has 0 saturated heterocycles. The highest BCUT2D eigenvalue weighted by atomic mass is 28.2. The van der Waals surface area contributed by atoms with Crippen LogP contribution >= 0.6 is 0 Å². The van der Waals surface area contributed by atoms with Crippen molar-refractivity contribution in [1.29, 1.82) is 0 Å². The van der Waals surface area contributed by atoms with Crippen molar-refractivity contribution < 1.29 is 9.22 Å². The molecule has 0 N–H and O–H groups in total. The highest BCUT2D eigenvalue weighted by Gasteiger charge is 2.24. The Hall–Kier alpha value is -0.673. The lowest BCUT2D eigenvalue weighted by molar-refractivity contribution is -0.114. The van der Waals surface area contributed by atoms with Gasteiger partial charge in [-0.05, 0) is 41.7 Å². The first-order valence-corrected chi connectivity index (χ1v) is 10.5. The van der Waals surface area contributed by atoms with Crippen LogP contribution in [-0.2, 0) is 9.22 Å². The average molecular weight is 337 g/mol. The molecule has 1 aliphatic carbocycles. The maximum Gasteiger partial charge on any atom is 0.167 e. The maximum atomic E-state index is 11.9. The van der Waals surface area contributed by atoms with Gasteiger partial charge in [0.05, 0.1) is 0 Å². The second kappa shape index (κ2) is 9.58. The highest BCUT2D eigenvalue weighted by molar-refractivity contribution is 6.32. The Kier molecular flexibility index (Phi) is 8.49. The first kappa shape index (κ1) is 20.4. The quantitative estimate of drug-likeness (QED) is 0.519. The SMILES string of the molecule is CC(C)C1/C=C\C(CO[SiH2]C(C)(C)C(C)C)C/C=C\C(=O)CC1. The van der Waals surface area contributed by atoms with Gasteiger partial charge in [0.2, 0.25) is 0 Å². The van der Waals surface area contributed by atoms with Gasteiger partial charge in [0.15, 0.2) is 15.5 Å². The Balaban J connectivity index is 2.64. The van der Waals surface area contributed by atoms with E-state index in [0.29, 0.717) is 35.1 Å². The number of carbonyl (C=O) groups is 1. The second-order valence-electron chi connectivity index (χ2n) is 8.35. The Morgan fingerprint density at radius 3 is 2.57 bits per heavy atom. The fourth-order valence-electron chi connectivity index (χ4n) is 2.56. The van der Waals surface area contributed by atoms with Gasteiger partial charge < -0.3 is 4.43 Å². The third-order valence-electron chi connectivity index (χ3n) is 5.32. The standard InChI is InChI=1S/C20H36O2Si/c1-15(2)18-11-10-17(8-7-9-19(21)13-12-18)14-22-23-20(5,6)16(3)4/h7,9-11,15-18H,8,12-14,23H2,1-6H3/b9-7-,11-10-. The van der Waals surface area contributed by atoms with Gasteiger partial charge in [0.1, 0.15) is 0 Å². The van der Waals surface area contributed by atoms with Crippen LogP contribution in [-0.4, -0.2) is 22.2 Å². The van der Waals surface area contributed by atoms with Crippen LogP contribution in [0.3, 0.4) is 0 Å². The molecule has 0 aromatic heterocycles. The zero-order valence-corrected chi connectivity index (χ0v) is 17.4. The molecule has 0 amide bonds. The molecular weight excluding hydrogens is 300 g/mol. The van der Waals surface area contributed by atoms with E-state index in [9.17, 15) is 4.79 Å². The van der Waals surface area contributed by atoms with E-state index in [-0.39, 0.29) is 5.78 Å². The number of rotatable bonds is 6. The molecule has 0 aromatic carbocycles. The molecule has 0 fully saturated rings. The minimum atomic E-state index is -0.553. The lowest BCUT2D eigenvalue weighted by atomic mass is 9.88. The molecular formula is C20H36O2Si. The molecule has 1 aliphatic rings. The van der Waals surface area contributed by atoms with Crippen molar-refractivity contribution in [3.63, 3.8) is 0 Å². The summed E-state index contributed by atoms with van der Waals surface area (Å²) in [5.74, 6) is 2.40. The molecule has 0 heterocycles. The van der Waals surface area contributed by atoms with Crippen LogP contribution in [0.4, 0.5) is 0 Å². The van der Waals surface area contributed by atoms with Crippen LogP contribution in [0.25, 0.3) is 0 Å². The number of allylic oxidation sites excluding steroid dienone is 3. The van der Waals surface area contributed by atoms with E-state index in [0.717, 1.165) is 19.4 Å². The fraction of sp³-hybridized carbons (Fsp3) is 0.750. The van der Waals surface area contributed by atoms with Crippen molar-refractivity contribution in [3.05, 3.63) is 24.3 Å². The summed E-state index contributed by atoms with van der Waals surface area (Å²) in [4.78, 5) is 11.9. The van der Waals surface area contributed by atoms with Gasteiger partial charge >= 0.3 is 0 Å². The topological polar surface area (TPSA) is 26.3 Å². The van der Waals surface area contributed by atoms with Gasteiger partial charge in [0, 0.05) is 18.9 Å². The average Bonchev–Trinajstić information content (AvgIpc) is 2.45. The Labute approximate surface area is 145 Å². The van der Waals surface area contributed by atoms with Crippen LogP contribution in [0, 0.1) is 23.7 Å². The van der Waals surface area contributed by atoms with Crippen LogP contribution < -0.4 is 0 Å². The van der Waals surface area contributed by atoms with Gasteiger partial charge in [-0.1, -0.05) is 59.8 Å². The summed E-state index contributed by atoms with van der Waals surface area (Å²) in [6, 6.07) is 0. The van der Waals surface area contributed by atoms with Crippen LogP contribution in [0.5, 0.6) is 0 Å². The molecule has 0 aromatic rings. The van der Waals surface area contributed by atoms with Crippen molar-refractivity contribution in [2.24, 2.45) is 23.7 Å². The van der Waals surface area contributed by atoms with Crippen LogP contribution in [0.1, 0.15) is 60.8 Å². The summed E-state index contributed by atoms with van der Waals surface area (Å²) < 4.78 is 6.16. The first-order chi connectivity index (χ1) is 10.7. The summed E-state index contributed by atoms with van der Waals surface area (Å²) in [5.41, 5.74) is 0. The monoisotopic (exact) mass is 336 g/mol. The van der Waals surface area contributed by atoms with E-state index < -0.39 is 9.76 Å². The number of carbonyl (C=O) groups excluding carboxylic acids is 1. The zero-order valence-electron chi connectivity index (χ0n) is 16.0. The van der Waals surface area contributed by atoms with E-state index in [1.54, 1.807) is 6.08 Å². The summed E-state index contributed by atoms with van der Waals surface area (Å²) in [6.45, 7) is 14.5. The predicted molar refractivity (Wildman–Crippen MR) is 102 cm³/mol. The predicted octanol–water partition coefficient (Wildman–Crippen LogP) is 4.70. The summed E-state index contributed by atoms with van der Waals surface area (Å²) in [7, 11) is -0.553. The van der Waals surface area contributed by atoms with E-state index >= 15 is 0 Å². The molecule has 0 aliphatic heterocycles. The molecule has 132 valence electrons. The van der Waals surface area contributed by atoms with Crippen molar-refractivity contribution in [2.45, 2.75) is 65.8 Å². The normalized spacial score (nSPS) is 27.0. The molecule has 1 rings (SSSR count). The third kappa shape index (κ3) is 7.62. The minimum Gasteiger partial charge on any atom is -0.423 e. The molecule has 2 nitrogen and oxygen atoms in total. The molecule has 0 bridgehead atoms. The molecule has 2 unspecified atom stereocenters. The first-order valence-electron chi connectivity index (χ1n) is 9.17. The number of ketones is 1. The van der Waals surface area contributed by atoms with Gasteiger partial charge in [-0.15, -0.1) is 0 Å². The zero-order chi connectivity index (χ0) is 17.5. The van der Waals surface area contributed by atoms with E-state index in [2.05, 4.69) is 53.7 Å². The summed E-state index contributed by atoms with van der Waals surface area (Å²) >= 11 is 0.